The molecule has 1 aromatic rings. The predicted molar refractivity (Wildman–Crippen MR) is 42.9 cm³/mol. The van der Waals surface area contributed by atoms with Crippen LogP contribution in [0.5, 0.6) is 0 Å². The van der Waals surface area contributed by atoms with E-state index >= 15 is 0 Å². The maximum Gasteiger partial charge on any atom is 0.371 e. The average molecular weight is 169 g/mol. The fourth-order valence-electron chi connectivity index (χ4n) is 0.786. The molecule has 0 atom stereocenters. The van der Waals surface area contributed by atoms with Crippen LogP contribution in [-0.2, 0) is 5.54 Å². The lowest BCUT2D eigenvalue weighted by molar-refractivity contribution is 0.0662. The Hall–Kier alpha value is -1.29. The summed E-state index contributed by atoms with van der Waals surface area (Å²) in [6.07, 6.45) is 1.36. The molecular weight excluding hydrogens is 158 g/mol. The number of carboxylic acids is 1. The highest BCUT2D eigenvalue weighted by molar-refractivity contribution is 5.84. The molecule has 0 fully saturated rings. The molecule has 0 aliphatic carbocycles. The van der Waals surface area contributed by atoms with Gasteiger partial charge in [0.15, 0.2) is 0 Å². The Labute approximate surface area is 70.0 Å². The van der Waals surface area contributed by atoms with Crippen LogP contribution >= 0.6 is 0 Å². The molecule has 0 saturated heterocycles. The third-order valence-corrected chi connectivity index (χ3v) is 1.55. The first-order valence-corrected chi connectivity index (χ1v) is 3.52. The van der Waals surface area contributed by atoms with Crippen molar-refractivity contribution < 1.29 is 14.3 Å². The number of carboxylic acid groups (broad SMARTS) is 1. The zero-order chi connectivity index (χ0) is 9.35. The van der Waals surface area contributed by atoms with Crippen molar-refractivity contribution in [1.82, 2.24) is 0 Å². The normalized spacial score (nSPS) is 11.6. The second kappa shape index (κ2) is 2.64. The number of hydrogen-bond acceptors (Lipinski definition) is 3. The van der Waals surface area contributed by atoms with E-state index < -0.39 is 11.5 Å². The molecule has 0 radical (unpaired) electrons. The van der Waals surface area contributed by atoms with Gasteiger partial charge in [0.1, 0.15) is 0 Å². The quantitative estimate of drug-likeness (QED) is 0.696. The molecule has 1 heterocycles. The zero-order valence-electron chi connectivity index (χ0n) is 7.00. The summed E-state index contributed by atoms with van der Waals surface area (Å²) in [4.78, 5) is 10.4. The Morgan fingerprint density at radius 1 is 1.67 bits per heavy atom. The van der Waals surface area contributed by atoms with Gasteiger partial charge in [-0.2, -0.15) is 0 Å². The minimum absolute atomic E-state index is 0.0801. The van der Waals surface area contributed by atoms with Gasteiger partial charge in [-0.05, 0) is 19.9 Å². The third kappa shape index (κ3) is 1.65. The van der Waals surface area contributed by atoms with Crippen molar-refractivity contribution in [3.8, 4) is 0 Å². The lowest BCUT2D eigenvalue weighted by Gasteiger charge is -2.14. The minimum Gasteiger partial charge on any atom is -0.475 e. The molecule has 0 aliphatic heterocycles. The molecular formula is C8H11NO3. The molecule has 3 N–H and O–H groups in total. The van der Waals surface area contributed by atoms with Gasteiger partial charge in [-0.1, -0.05) is 0 Å². The van der Waals surface area contributed by atoms with Gasteiger partial charge in [0, 0.05) is 11.1 Å². The molecule has 1 aromatic heterocycles. The summed E-state index contributed by atoms with van der Waals surface area (Å²) in [7, 11) is 0. The summed E-state index contributed by atoms with van der Waals surface area (Å²) < 4.78 is 4.77. The van der Waals surface area contributed by atoms with Crippen molar-refractivity contribution in [1.29, 1.82) is 0 Å². The van der Waals surface area contributed by atoms with Crippen LogP contribution in [0.3, 0.4) is 0 Å². The van der Waals surface area contributed by atoms with Crippen LogP contribution in [0.25, 0.3) is 0 Å². The number of aromatic carboxylic acids is 1. The van der Waals surface area contributed by atoms with Crippen molar-refractivity contribution in [3.63, 3.8) is 0 Å². The molecule has 4 heteroatoms. The standard InChI is InChI=1S/C8H11NO3/c1-8(2,9)5-3-6(7(10)11)12-4-5/h3-4H,9H2,1-2H3,(H,10,11). The van der Waals surface area contributed by atoms with Gasteiger partial charge < -0.3 is 15.3 Å². The van der Waals surface area contributed by atoms with Gasteiger partial charge in [-0.25, -0.2) is 4.79 Å². The fourth-order valence-corrected chi connectivity index (χ4v) is 0.786. The average Bonchev–Trinajstić information content (AvgIpc) is 2.30. The summed E-state index contributed by atoms with van der Waals surface area (Å²) in [6.45, 7) is 3.56. The number of hydrogen-bond donors (Lipinski definition) is 2. The number of furan rings is 1. The van der Waals surface area contributed by atoms with Crippen molar-refractivity contribution in [3.05, 3.63) is 23.7 Å². The monoisotopic (exact) mass is 169 g/mol. The van der Waals surface area contributed by atoms with Crippen molar-refractivity contribution in [2.24, 2.45) is 5.73 Å². The Morgan fingerprint density at radius 3 is 2.50 bits per heavy atom. The van der Waals surface area contributed by atoms with Crippen LogP contribution in [0.4, 0.5) is 0 Å². The number of nitrogens with two attached hydrogens (primary N) is 1. The number of rotatable bonds is 2. The first-order valence-electron chi connectivity index (χ1n) is 3.52. The van der Waals surface area contributed by atoms with Crippen LogP contribution in [0.15, 0.2) is 16.7 Å². The predicted octanol–water partition coefficient (Wildman–Crippen LogP) is 1.17. The van der Waals surface area contributed by atoms with Crippen LogP contribution in [0, 0.1) is 0 Å². The highest BCUT2D eigenvalue weighted by Crippen LogP contribution is 2.19. The van der Waals surface area contributed by atoms with E-state index in [1.807, 2.05) is 0 Å². The van der Waals surface area contributed by atoms with Gasteiger partial charge in [-0.3, -0.25) is 0 Å². The largest absolute Gasteiger partial charge is 0.475 e. The first kappa shape index (κ1) is 8.80. The minimum atomic E-state index is -1.08. The highest BCUT2D eigenvalue weighted by atomic mass is 16.4. The molecule has 0 spiro atoms. The Bertz CT molecular complexity index is 295. The Balaban J connectivity index is 3.00. The third-order valence-electron chi connectivity index (χ3n) is 1.55. The van der Waals surface area contributed by atoms with E-state index in [1.165, 1.54) is 12.3 Å². The van der Waals surface area contributed by atoms with E-state index in [4.69, 9.17) is 15.3 Å². The van der Waals surface area contributed by atoms with E-state index in [0.29, 0.717) is 5.56 Å². The molecule has 0 aliphatic rings. The SMILES string of the molecule is CC(C)(N)c1coc(C(=O)O)c1. The maximum atomic E-state index is 10.4. The van der Waals surface area contributed by atoms with Crippen LogP contribution in [0.1, 0.15) is 30.0 Å². The lowest BCUT2D eigenvalue weighted by Crippen LogP contribution is -2.27. The van der Waals surface area contributed by atoms with E-state index in [1.54, 1.807) is 13.8 Å². The first-order chi connectivity index (χ1) is 5.41. The van der Waals surface area contributed by atoms with E-state index in [2.05, 4.69) is 0 Å². The molecule has 4 nitrogen and oxygen atoms in total. The lowest BCUT2D eigenvalue weighted by atomic mass is 9.99. The summed E-state index contributed by atoms with van der Waals surface area (Å²) in [5.74, 6) is -1.16. The molecule has 0 bridgehead atoms. The summed E-state index contributed by atoms with van der Waals surface area (Å²) in [5, 5.41) is 8.53. The number of carbonyl (C=O) groups is 1. The van der Waals surface area contributed by atoms with Crippen molar-refractivity contribution in [2.75, 3.05) is 0 Å². The highest BCUT2D eigenvalue weighted by Gasteiger charge is 2.19. The van der Waals surface area contributed by atoms with E-state index in [-0.39, 0.29) is 5.76 Å². The van der Waals surface area contributed by atoms with Gasteiger partial charge in [0.25, 0.3) is 0 Å². The molecule has 66 valence electrons. The Kier molecular flexibility index (Phi) is 1.94. The fraction of sp³-hybridized carbons (Fsp3) is 0.375. The smallest absolute Gasteiger partial charge is 0.371 e. The Morgan fingerprint density at radius 2 is 2.25 bits per heavy atom. The molecule has 0 aromatic carbocycles. The second-order valence-corrected chi connectivity index (χ2v) is 3.23. The van der Waals surface area contributed by atoms with Gasteiger partial charge in [-0.15, -0.1) is 0 Å². The van der Waals surface area contributed by atoms with Crippen LogP contribution in [-0.4, -0.2) is 11.1 Å². The second-order valence-electron chi connectivity index (χ2n) is 3.23. The maximum absolute atomic E-state index is 10.4. The molecule has 12 heavy (non-hydrogen) atoms. The van der Waals surface area contributed by atoms with Gasteiger partial charge in [0.2, 0.25) is 5.76 Å². The van der Waals surface area contributed by atoms with Crippen molar-refractivity contribution in [2.45, 2.75) is 19.4 Å². The summed E-state index contributed by atoms with van der Waals surface area (Å²) >= 11 is 0. The molecule has 0 saturated carbocycles. The van der Waals surface area contributed by atoms with E-state index in [9.17, 15) is 4.79 Å². The topological polar surface area (TPSA) is 76.5 Å². The van der Waals surface area contributed by atoms with Crippen molar-refractivity contribution >= 4 is 5.97 Å². The summed E-state index contributed by atoms with van der Waals surface area (Å²) in [5.41, 5.74) is 5.84. The van der Waals surface area contributed by atoms with Gasteiger partial charge in [0.05, 0.1) is 6.26 Å². The molecule has 0 unspecified atom stereocenters. The molecule has 1 rings (SSSR count). The van der Waals surface area contributed by atoms with Crippen LogP contribution < -0.4 is 5.73 Å². The zero-order valence-corrected chi connectivity index (χ0v) is 7.00. The van der Waals surface area contributed by atoms with E-state index in [0.717, 1.165) is 0 Å². The van der Waals surface area contributed by atoms with Crippen LogP contribution in [0.2, 0.25) is 0 Å². The summed E-state index contributed by atoms with van der Waals surface area (Å²) in [6, 6.07) is 1.43. The van der Waals surface area contributed by atoms with Gasteiger partial charge >= 0.3 is 5.97 Å². The molecule has 0 amide bonds.